The molecule has 4 rings (SSSR count). The van der Waals surface area contributed by atoms with Crippen LogP contribution in [0.2, 0.25) is 0 Å². The van der Waals surface area contributed by atoms with Gasteiger partial charge in [0.1, 0.15) is 0 Å². The average molecular weight is 569 g/mol. The Balaban J connectivity index is 1.62. The van der Waals surface area contributed by atoms with Crippen LogP contribution >= 0.6 is 19.8 Å². The molecule has 0 spiro atoms. The summed E-state index contributed by atoms with van der Waals surface area (Å²) in [4.78, 5) is 20.3. The number of nitrogens with zero attached hydrogens (tertiary/aromatic N) is 2. The van der Waals surface area contributed by atoms with Crippen molar-refractivity contribution < 1.29 is 28.0 Å². The normalized spacial score (nSPS) is 15.3. The zero-order chi connectivity index (χ0) is 23.6. The van der Waals surface area contributed by atoms with E-state index in [-0.39, 0.29) is 17.3 Å². The standard InChI is InChI=1S/C23H20F3IN4O2/c1-3-27-17-9-8-14(33-15-10-11-29-20(13-15)21(32)28-2)12-19(17)31-22(27)30-18-7-5-4-6-16(18)23(24,25)26/h4-13H,3H2,1-2H3,(H,28,32)(H,30,31)/p+1. The predicted octanol–water partition coefficient (Wildman–Crippen LogP) is 5.04. The van der Waals surface area contributed by atoms with Crippen LogP contribution in [0.3, 0.4) is 0 Å². The molecule has 10 heteroatoms. The number of carbonyl (C=O) groups excluding carboxylic acids is 1. The third-order valence-corrected chi connectivity index (χ3v) is 10.4. The van der Waals surface area contributed by atoms with Crippen LogP contribution < -0.4 is 15.4 Å². The van der Waals surface area contributed by atoms with Gasteiger partial charge in [0.15, 0.2) is 0 Å². The molecule has 0 bridgehead atoms. The molecule has 2 aromatic carbocycles. The van der Waals surface area contributed by atoms with E-state index in [1.54, 1.807) is 25.2 Å². The first kappa shape index (κ1) is 23.2. The summed E-state index contributed by atoms with van der Waals surface area (Å²) in [6, 6.07) is 14.1. The Bertz CT molecular complexity index is 1230. The number of amidine groups is 1. The zero-order valence-corrected chi connectivity index (χ0v) is 19.9. The van der Waals surface area contributed by atoms with Crippen LogP contribution in [0.5, 0.6) is 11.5 Å². The van der Waals surface area contributed by atoms with Gasteiger partial charge < -0.3 is 0 Å². The summed E-state index contributed by atoms with van der Waals surface area (Å²) >= 11 is -2.00. The minimum atomic E-state index is -4.47. The van der Waals surface area contributed by atoms with Crippen LogP contribution in [-0.2, 0) is 6.18 Å². The van der Waals surface area contributed by atoms with Crippen molar-refractivity contribution in [1.82, 2.24) is 4.98 Å². The molecule has 6 nitrogen and oxygen atoms in total. The van der Waals surface area contributed by atoms with Gasteiger partial charge in [-0.3, -0.25) is 0 Å². The summed E-state index contributed by atoms with van der Waals surface area (Å²) in [7, 11) is 1.64. The second kappa shape index (κ2) is 9.48. The summed E-state index contributed by atoms with van der Waals surface area (Å²) in [6.45, 7) is 2.03. The topological polar surface area (TPSA) is 80.2 Å². The molecule has 0 fully saturated rings. The molecule has 1 aromatic heterocycles. The quantitative estimate of drug-likeness (QED) is 0.257. The molecule has 0 unspecified atom stereocenters. The molecule has 1 amide bonds. The van der Waals surface area contributed by atoms with Gasteiger partial charge in [0.05, 0.1) is 0 Å². The third-order valence-electron chi connectivity index (χ3n) is 4.81. The Labute approximate surface area is 195 Å². The van der Waals surface area contributed by atoms with Crippen molar-refractivity contribution in [3.8, 4) is 11.5 Å². The summed E-state index contributed by atoms with van der Waals surface area (Å²) in [5, 5.41) is 4.66. The number of amides is 1. The van der Waals surface area contributed by atoms with Crippen LogP contribution in [0.15, 0.2) is 65.8 Å². The molecule has 1 aliphatic heterocycles. The molecular formula is C23H21F3IN4O2+. The molecule has 2 heterocycles. The number of anilines is 1. The Hall–Kier alpha value is -2.99. The van der Waals surface area contributed by atoms with Crippen LogP contribution in [0.25, 0.3) is 0 Å². The molecule has 3 aromatic rings. The van der Waals surface area contributed by atoms with E-state index in [0.717, 1.165) is 19.8 Å². The van der Waals surface area contributed by atoms with Gasteiger partial charge in [-0.1, -0.05) is 0 Å². The number of ether oxygens (including phenoxy) is 1. The fourth-order valence-corrected chi connectivity index (χ4v) is 8.15. The number of aliphatic imine (C=N–C) groups is 1. The van der Waals surface area contributed by atoms with E-state index in [2.05, 4.69) is 15.3 Å². The molecule has 1 aliphatic rings. The number of primary amides is 1. The second-order valence-electron chi connectivity index (χ2n) is 6.94. The molecule has 0 saturated carbocycles. The molecule has 0 aliphatic carbocycles. The van der Waals surface area contributed by atoms with Gasteiger partial charge in [-0.25, -0.2) is 0 Å². The number of halogens is 4. The number of aromatic nitrogens is 1. The number of alkyl halides is 4. The Kier molecular flexibility index (Phi) is 6.66. The number of nitrogens with one attached hydrogen (secondary N) is 1. The van der Waals surface area contributed by atoms with E-state index in [1.807, 2.05) is 25.1 Å². The summed E-state index contributed by atoms with van der Waals surface area (Å²) in [5.74, 6) is 0.802. The Morgan fingerprint density at radius 2 is 1.91 bits per heavy atom. The molecule has 172 valence electrons. The SMILES string of the molecule is CCI1C(=Nc2ccccc2C(F)(F)F)Nc2cc(Oc3ccnc(C(=O)[NH2+]C)c3)ccc21. The van der Waals surface area contributed by atoms with Crippen LogP contribution in [-0.4, -0.2) is 26.2 Å². The monoisotopic (exact) mass is 569 g/mol. The maximum atomic E-state index is 13.4. The third kappa shape index (κ3) is 5.01. The fraction of sp³-hybridized carbons (Fsp3) is 0.174. The van der Waals surface area contributed by atoms with Crippen molar-refractivity contribution in [2.24, 2.45) is 4.99 Å². The number of hydrogen-bond donors (Lipinski definition) is 2. The van der Waals surface area contributed by atoms with Crippen molar-refractivity contribution in [3.05, 3.63) is 75.6 Å². The molecule has 0 saturated heterocycles. The van der Waals surface area contributed by atoms with Gasteiger partial charge in [-0.15, -0.1) is 0 Å². The fourth-order valence-electron chi connectivity index (χ4n) is 3.29. The van der Waals surface area contributed by atoms with E-state index >= 15 is 0 Å². The minimum absolute atomic E-state index is 0.0887. The summed E-state index contributed by atoms with van der Waals surface area (Å²) in [5.41, 5.74) is 0.231. The molecule has 3 N–H and O–H groups in total. The zero-order valence-electron chi connectivity index (χ0n) is 17.8. The Morgan fingerprint density at radius 3 is 2.64 bits per heavy atom. The van der Waals surface area contributed by atoms with Gasteiger partial charge in [-0.05, 0) is 0 Å². The molecule has 33 heavy (non-hydrogen) atoms. The first-order chi connectivity index (χ1) is 15.8. The molecule has 0 atom stereocenters. The van der Waals surface area contributed by atoms with Crippen LogP contribution in [0.4, 0.5) is 24.5 Å². The van der Waals surface area contributed by atoms with Gasteiger partial charge in [0.25, 0.3) is 0 Å². The van der Waals surface area contributed by atoms with Gasteiger partial charge in [0, 0.05) is 0 Å². The van der Waals surface area contributed by atoms with Crippen LogP contribution in [0, 0.1) is 3.57 Å². The van der Waals surface area contributed by atoms with Gasteiger partial charge in [0.2, 0.25) is 0 Å². The first-order valence-electron chi connectivity index (χ1n) is 10.1. The van der Waals surface area contributed by atoms with E-state index in [0.29, 0.717) is 15.3 Å². The molecule has 0 radical (unpaired) electrons. The number of hydrogen-bond acceptors (Lipinski definition) is 4. The number of pyridine rings is 1. The second-order valence-corrected chi connectivity index (χ2v) is 12.7. The van der Waals surface area contributed by atoms with E-state index in [1.165, 1.54) is 23.6 Å². The average Bonchev–Trinajstić information content (AvgIpc) is 3.14. The van der Waals surface area contributed by atoms with Crippen molar-refractivity contribution >= 4 is 40.9 Å². The number of fused-ring (bicyclic) bond motifs is 1. The van der Waals surface area contributed by atoms with E-state index < -0.39 is 31.6 Å². The van der Waals surface area contributed by atoms with Crippen LogP contribution in [0.1, 0.15) is 23.0 Å². The molecular weight excluding hydrogens is 548 g/mol. The number of rotatable bonds is 5. The van der Waals surface area contributed by atoms with Gasteiger partial charge >= 0.3 is 196 Å². The van der Waals surface area contributed by atoms with E-state index in [9.17, 15) is 18.0 Å². The maximum absolute atomic E-state index is 13.4. The van der Waals surface area contributed by atoms with Crippen molar-refractivity contribution in [2.75, 3.05) is 16.8 Å². The summed E-state index contributed by atoms with van der Waals surface area (Å²) < 4.78 is 48.6. The number of quaternary nitrogens is 1. The Morgan fingerprint density at radius 1 is 1.15 bits per heavy atom. The van der Waals surface area contributed by atoms with Crippen molar-refractivity contribution in [1.29, 1.82) is 0 Å². The number of benzene rings is 2. The predicted molar refractivity (Wildman–Crippen MR) is 128 cm³/mol. The number of nitrogens with two attached hydrogens (primary N) is 1. The first-order valence-corrected chi connectivity index (χ1v) is 13.8. The number of para-hydroxylation sites is 1. The summed E-state index contributed by atoms with van der Waals surface area (Å²) in [6.07, 6.45) is -2.97. The van der Waals surface area contributed by atoms with E-state index in [4.69, 9.17) is 4.74 Å². The van der Waals surface area contributed by atoms with Gasteiger partial charge in [-0.2, -0.15) is 0 Å². The van der Waals surface area contributed by atoms with Crippen molar-refractivity contribution in [3.63, 3.8) is 0 Å². The number of carbonyl (C=O) groups is 1. The van der Waals surface area contributed by atoms with Crippen molar-refractivity contribution in [2.45, 2.75) is 13.1 Å².